The van der Waals surface area contributed by atoms with E-state index in [2.05, 4.69) is 34.1 Å². The zero-order valence-electron chi connectivity index (χ0n) is 12.5. The molecule has 1 heterocycles. The summed E-state index contributed by atoms with van der Waals surface area (Å²) in [5, 5.41) is 6.04. The van der Waals surface area contributed by atoms with Crippen molar-refractivity contribution >= 4 is 22.7 Å². The molecule has 2 aromatic carbocycles. The summed E-state index contributed by atoms with van der Waals surface area (Å²) in [6.07, 6.45) is 0. The van der Waals surface area contributed by atoms with Gasteiger partial charge in [0.2, 0.25) is 0 Å². The Kier molecular flexibility index (Phi) is 4.27. The van der Waals surface area contributed by atoms with Crippen molar-refractivity contribution in [2.45, 2.75) is 5.75 Å². The Bertz CT molecular complexity index is 856. The number of rotatable bonds is 4. The Morgan fingerprint density at radius 2 is 1.77 bits per heavy atom. The Balaban J connectivity index is 2.10. The third-order valence-electron chi connectivity index (χ3n) is 3.57. The number of aromatic nitrogens is 2. The van der Waals surface area contributed by atoms with Crippen molar-refractivity contribution in [1.29, 1.82) is 0 Å². The molecule has 3 aromatic rings. The second kappa shape index (κ2) is 6.34. The first-order chi connectivity index (χ1) is 10.7. The molecule has 1 N–H and O–H groups in total. The summed E-state index contributed by atoms with van der Waals surface area (Å²) in [6.45, 7) is 0. The van der Waals surface area contributed by atoms with Gasteiger partial charge in [-0.05, 0) is 18.7 Å². The molecular formula is C17H17N3OS. The van der Waals surface area contributed by atoms with Gasteiger partial charge in [0.25, 0.3) is 5.56 Å². The lowest BCUT2D eigenvalue weighted by Crippen LogP contribution is -2.20. The molecule has 0 aliphatic heterocycles. The molecule has 0 unspecified atom stereocenters. The normalized spacial score (nSPS) is 11.0. The summed E-state index contributed by atoms with van der Waals surface area (Å²) in [5.74, 6) is 0.915. The highest BCUT2D eigenvalue weighted by Gasteiger charge is 2.10. The second-order valence-corrected chi connectivity index (χ2v) is 6.00. The van der Waals surface area contributed by atoms with Crippen molar-refractivity contribution in [3.63, 3.8) is 0 Å². The maximum absolute atomic E-state index is 12.2. The standard InChI is InChI=1S/C17H17N3OS/c1-18-22-11-12-7-9-13(10-8-12)16-14-5-3-4-6-15(14)17(21)20(2)19-16/h3-10,18H,11H2,1-2H3. The van der Waals surface area contributed by atoms with E-state index in [1.165, 1.54) is 10.2 Å². The molecule has 3 rings (SSSR count). The van der Waals surface area contributed by atoms with E-state index in [4.69, 9.17) is 0 Å². The molecule has 0 bridgehead atoms. The van der Waals surface area contributed by atoms with Crippen LogP contribution in [-0.4, -0.2) is 16.8 Å². The molecular weight excluding hydrogens is 294 g/mol. The Morgan fingerprint density at radius 1 is 1.09 bits per heavy atom. The lowest BCUT2D eigenvalue weighted by molar-refractivity contribution is 0.722. The highest BCUT2D eigenvalue weighted by Crippen LogP contribution is 2.25. The van der Waals surface area contributed by atoms with Crippen molar-refractivity contribution in [3.05, 3.63) is 64.4 Å². The zero-order valence-corrected chi connectivity index (χ0v) is 13.4. The molecule has 0 atom stereocenters. The molecule has 0 saturated heterocycles. The van der Waals surface area contributed by atoms with Gasteiger partial charge in [0.15, 0.2) is 0 Å². The molecule has 1 aromatic heterocycles. The summed E-state index contributed by atoms with van der Waals surface area (Å²) in [6, 6.07) is 15.9. The summed E-state index contributed by atoms with van der Waals surface area (Å²) >= 11 is 1.66. The van der Waals surface area contributed by atoms with Crippen LogP contribution in [0.2, 0.25) is 0 Å². The fourth-order valence-electron chi connectivity index (χ4n) is 2.43. The van der Waals surface area contributed by atoms with Gasteiger partial charge in [-0.2, -0.15) is 5.10 Å². The fraction of sp³-hybridized carbons (Fsp3) is 0.176. The summed E-state index contributed by atoms with van der Waals surface area (Å²) in [5.41, 5.74) is 3.04. The van der Waals surface area contributed by atoms with Gasteiger partial charge >= 0.3 is 0 Å². The smallest absolute Gasteiger partial charge is 0.267 e. The van der Waals surface area contributed by atoms with E-state index in [9.17, 15) is 4.79 Å². The van der Waals surface area contributed by atoms with Gasteiger partial charge < -0.3 is 0 Å². The van der Waals surface area contributed by atoms with E-state index >= 15 is 0 Å². The Hall–Kier alpha value is -2.11. The van der Waals surface area contributed by atoms with Crippen LogP contribution < -0.4 is 10.3 Å². The van der Waals surface area contributed by atoms with Gasteiger partial charge in [0, 0.05) is 23.8 Å². The molecule has 0 fully saturated rings. The minimum atomic E-state index is -0.0682. The lowest BCUT2D eigenvalue weighted by Gasteiger charge is -2.09. The minimum absolute atomic E-state index is 0.0682. The van der Waals surface area contributed by atoms with Gasteiger partial charge in [-0.3, -0.25) is 9.52 Å². The summed E-state index contributed by atoms with van der Waals surface area (Å²) in [7, 11) is 3.61. The predicted molar refractivity (Wildman–Crippen MR) is 92.8 cm³/mol. The van der Waals surface area contributed by atoms with Crippen LogP contribution in [-0.2, 0) is 12.8 Å². The Morgan fingerprint density at radius 3 is 2.45 bits per heavy atom. The van der Waals surface area contributed by atoms with Crippen LogP contribution in [0.15, 0.2) is 53.3 Å². The average Bonchev–Trinajstić information content (AvgIpc) is 2.57. The highest BCUT2D eigenvalue weighted by molar-refractivity contribution is 7.96. The van der Waals surface area contributed by atoms with Gasteiger partial charge in [0.1, 0.15) is 0 Å². The third-order valence-corrected chi connectivity index (χ3v) is 4.33. The van der Waals surface area contributed by atoms with E-state index in [-0.39, 0.29) is 5.56 Å². The molecule has 0 aliphatic rings. The minimum Gasteiger partial charge on any atom is -0.267 e. The molecule has 0 amide bonds. The molecule has 112 valence electrons. The zero-order chi connectivity index (χ0) is 15.5. The van der Waals surface area contributed by atoms with Crippen LogP contribution >= 0.6 is 11.9 Å². The molecule has 0 aliphatic carbocycles. The monoisotopic (exact) mass is 311 g/mol. The Labute approximate surface area is 133 Å². The van der Waals surface area contributed by atoms with Crippen molar-refractivity contribution in [2.24, 2.45) is 7.05 Å². The van der Waals surface area contributed by atoms with Crippen LogP contribution in [0, 0.1) is 0 Å². The van der Waals surface area contributed by atoms with Crippen LogP contribution in [0.1, 0.15) is 5.56 Å². The quantitative estimate of drug-likeness (QED) is 0.753. The fourth-order valence-corrected chi connectivity index (χ4v) is 2.93. The van der Waals surface area contributed by atoms with Crippen LogP contribution in [0.4, 0.5) is 0 Å². The topological polar surface area (TPSA) is 46.9 Å². The van der Waals surface area contributed by atoms with Crippen LogP contribution in [0.3, 0.4) is 0 Å². The maximum atomic E-state index is 12.2. The van der Waals surface area contributed by atoms with Gasteiger partial charge in [0.05, 0.1) is 11.1 Å². The van der Waals surface area contributed by atoms with Crippen molar-refractivity contribution < 1.29 is 0 Å². The number of hydrogen-bond acceptors (Lipinski definition) is 4. The van der Waals surface area contributed by atoms with E-state index in [0.717, 1.165) is 22.4 Å². The van der Waals surface area contributed by atoms with Crippen molar-refractivity contribution in [2.75, 3.05) is 7.05 Å². The lowest BCUT2D eigenvalue weighted by atomic mass is 10.0. The number of aryl methyl sites for hydroxylation is 1. The number of hydrogen-bond donors (Lipinski definition) is 1. The first-order valence-electron chi connectivity index (χ1n) is 7.04. The van der Waals surface area contributed by atoms with Gasteiger partial charge in [-0.25, -0.2) is 4.68 Å². The van der Waals surface area contributed by atoms with E-state index < -0.39 is 0 Å². The highest BCUT2D eigenvalue weighted by atomic mass is 32.2. The summed E-state index contributed by atoms with van der Waals surface area (Å²) < 4.78 is 4.47. The molecule has 5 heteroatoms. The maximum Gasteiger partial charge on any atom is 0.274 e. The molecule has 4 nitrogen and oxygen atoms in total. The molecule has 22 heavy (non-hydrogen) atoms. The number of benzene rings is 2. The average molecular weight is 311 g/mol. The summed E-state index contributed by atoms with van der Waals surface area (Å²) in [4.78, 5) is 12.2. The van der Waals surface area contributed by atoms with Crippen LogP contribution in [0.5, 0.6) is 0 Å². The van der Waals surface area contributed by atoms with E-state index in [0.29, 0.717) is 5.39 Å². The molecule has 0 saturated carbocycles. The van der Waals surface area contributed by atoms with Crippen molar-refractivity contribution in [1.82, 2.24) is 14.5 Å². The number of nitrogens with zero attached hydrogens (tertiary/aromatic N) is 2. The van der Waals surface area contributed by atoms with E-state index in [1.807, 2.05) is 31.3 Å². The molecule has 0 radical (unpaired) electrons. The first-order valence-corrected chi connectivity index (χ1v) is 8.03. The number of nitrogens with one attached hydrogen (secondary N) is 1. The van der Waals surface area contributed by atoms with Crippen LogP contribution in [0.25, 0.3) is 22.0 Å². The largest absolute Gasteiger partial charge is 0.274 e. The van der Waals surface area contributed by atoms with Gasteiger partial charge in [-0.15, -0.1) is 0 Å². The van der Waals surface area contributed by atoms with Crippen molar-refractivity contribution in [3.8, 4) is 11.3 Å². The van der Waals surface area contributed by atoms with E-state index in [1.54, 1.807) is 19.0 Å². The third kappa shape index (κ3) is 2.77. The van der Waals surface area contributed by atoms with Gasteiger partial charge in [-0.1, -0.05) is 54.4 Å². The second-order valence-electron chi connectivity index (χ2n) is 5.01. The SMILES string of the molecule is CNSCc1ccc(-c2nn(C)c(=O)c3ccccc23)cc1. The molecule has 0 spiro atoms. The predicted octanol–water partition coefficient (Wildman–Crippen LogP) is 2.97. The first kappa shape index (κ1) is 14.8. The number of fused-ring (bicyclic) bond motifs is 1.